The molecule has 6 heteroatoms. The van der Waals surface area contributed by atoms with E-state index in [9.17, 15) is 4.79 Å². The van der Waals surface area contributed by atoms with Crippen LogP contribution in [-0.2, 0) is 0 Å². The molecule has 2 aliphatic rings. The zero-order chi connectivity index (χ0) is 16.5. The van der Waals surface area contributed by atoms with Crippen LogP contribution in [0.2, 0.25) is 0 Å². The molecule has 2 bridgehead atoms. The molecule has 6 nitrogen and oxygen atoms in total. The van der Waals surface area contributed by atoms with Crippen LogP contribution in [0.15, 0.2) is 24.5 Å². The molecule has 124 valence electrons. The lowest BCUT2D eigenvalue weighted by Gasteiger charge is -2.30. The van der Waals surface area contributed by atoms with Gasteiger partial charge in [-0.1, -0.05) is 5.92 Å². The van der Waals surface area contributed by atoms with Crippen molar-refractivity contribution in [3.63, 3.8) is 0 Å². The van der Waals surface area contributed by atoms with Crippen molar-refractivity contribution in [2.24, 2.45) is 5.92 Å². The van der Waals surface area contributed by atoms with Crippen molar-refractivity contribution in [2.45, 2.75) is 18.9 Å². The fraction of sp³-hybridized carbons (Fsp3) is 0.444. The summed E-state index contributed by atoms with van der Waals surface area (Å²) in [7, 11) is 0. The fourth-order valence-corrected chi connectivity index (χ4v) is 3.78. The first-order valence-corrected chi connectivity index (χ1v) is 8.33. The Hall–Kier alpha value is -2.36. The molecule has 2 unspecified atom stereocenters. The molecule has 4 rings (SSSR count). The maximum absolute atomic E-state index is 12.6. The standard InChI is InChI=1S/C18H20N4O2/c23-7-1-2-15-3-4-16-9-19-17(12-22(15)16)18(24)20-14-8-13-5-6-21(10-13)11-14/h3-4,9,12-14,23H,5-8,10-11H2,(H,20,24)/t13?,14-/m1/s1. The molecule has 2 fully saturated rings. The van der Waals surface area contributed by atoms with E-state index in [0.717, 1.165) is 30.7 Å². The average molecular weight is 324 g/mol. The predicted octanol–water partition coefficient (Wildman–Crippen LogP) is 0.502. The number of amides is 1. The number of rotatable bonds is 2. The highest BCUT2D eigenvalue weighted by Gasteiger charge is 2.33. The van der Waals surface area contributed by atoms with Crippen molar-refractivity contribution >= 4 is 11.4 Å². The number of aliphatic hydroxyl groups excluding tert-OH is 1. The Morgan fingerprint density at radius 1 is 1.42 bits per heavy atom. The highest BCUT2D eigenvalue weighted by Crippen LogP contribution is 2.26. The van der Waals surface area contributed by atoms with Gasteiger partial charge in [-0.05, 0) is 43.4 Å². The van der Waals surface area contributed by atoms with Gasteiger partial charge in [-0.2, -0.15) is 0 Å². The van der Waals surface area contributed by atoms with E-state index in [1.165, 1.54) is 13.0 Å². The van der Waals surface area contributed by atoms with Gasteiger partial charge >= 0.3 is 0 Å². The van der Waals surface area contributed by atoms with Gasteiger partial charge in [0.2, 0.25) is 0 Å². The first-order chi connectivity index (χ1) is 11.7. The normalized spacial score (nSPS) is 25.3. The number of carbonyl (C=O) groups is 1. The summed E-state index contributed by atoms with van der Waals surface area (Å²) in [4.78, 5) is 19.3. The number of nitrogens with one attached hydrogen (secondary N) is 1. The van der Waals surface area contributed by atoms with Crippen molar-refractivity contribution in [2.75, 3.05) is 26.2 Å². The van der Waals surface area contributed by atoms with Crippen LogP contribution in [0.1, 0.15) is 29.0 Å². The lowest BCUT2D eigenvalue weighted by Crippen LogP contribution is -2.47. The molecule has 0 aliphatic carbocycles. The van der Waals surface area contributed by atoms with Gasteiger partial charge in [0.15, 0.2) is 0 Å². The zero-order valence-electron chi connectivity index (χ0n) is 13.4. The summed E-state index contributed by atoms with van der Waals surface area (Å²) < 4.78 is 1.83. The van der Waals surface area contributed by atoms with Crippen LogP contribution >= 0.6 is 0 Å². The second kappa shape index (κ2) is 6.27. The topological polar surface area (TPSA) is 69.9 Å². The molecule has 2 aromatic rings. The molecule has 0 radical (unpaired) electrons. The Labute approximate surface area is 140 Å². The third kappa shape index (κ3) is 2.88. The van der Waals surface area contributed by atoms with Gasteiger partial charge in [0.05, 0.1) is 17.4 Å². The van der Waals surface area contributed by atoms with Crippen molar-refractivity contribution in [1.29, 1.82) is 0 Å². The summed E-state index contributed by atoms with van der Waals surface area (Å²) in [5, 5.41) is 12.0. The second-order valence-corrected chi connectivity index (χ2v) is 6.57. The van der Waals surface area contributed by atoms with Gasteiger partial charge in [-0.25, -0.2) is 4.98 Å². The molecule has 2 N–H and O–H groups in total. The van der Waals surface area contributed by atoms with Gasteiger partial charge in [0, 0.05) is 25.3 Å². The Bertz CT molecular complexity index is 820. The largest absolute Gasteiger partial charge is 0.384 e. The van der Waals surface area contributed by atoms with E-state index in [-0.39, 0.29) is 18.6 Å². The molecule has 2 aliphatic heterocycles. The van der Waals surface area contributed by atoms with Gasteiger partial charge in [0.25, 0.3) is 5.91 Å². The minimum absolute atomic E-state index is 0.140. The molecular weight excluding hydrogens is 304 g/mol. The summed E-state index contributed by atoms with van der Waals surface area (Å²) in [6.45, 7) is 3.07. The first kappa shape index (κ1) is 15.2. The molecular formula is C18H20N4O2. The van der Waals surface area contributed by atoms with Crippen molar-refractivity contribution in [1.82, 2.24) is 19.6 Å². The van der Waals surface area contributed by atoms with Crippen LogP contribution in [0.3, 0.4) is 0 Å². The number of aromatic nitrogens is 2. The van der Waals surface area contributed by atoms with E-state index in [0.29, 0.717) is 11.6 Å². The van der Waals surface area contributed by atoms with Crippen LogP contribution in [0, 0.1) is 17.8 Å². The molecule has 2 aromatic heterocycles. The molecule has 3 atom stereocenters. The molecule has 0 saturated carbocycles. The van der Waals surface area contributed by atoms with Crippen molar-refractivity contribution < 1.29 is 9.90 Å². The Balaban J connectivity index is 1.53. The lowest BCUT2D eigenvalue weighted by atomic mass is 9.97. The average Bonchev–Trinajstić information content (AvgIpc) is 3.15. The second-order valence-electron chi connectivity index (χ2n) is 6.57. The zero-order valence-corrected chi connectivity index (χ0v) is 13.4. The summed E-state index contributed by atoms with van der Waals surface area (Å²) in [6.07, 6.45) is 5.69. The molecule has 0 aromatic carbocycles. The highest BCUT2D eigenvalue weighted by atomic mass is 16.2. The SMILES string of the molecule is O=C(N[C@@H]1CC2CCN(C2)C1)c1cn2c(C#CCO)ccc2cn1. The maximum Gasteiger partial charge on any atom is 0.271 e. The third-order valence-corrected chi connectivity index (χ3v) is 4.87. The first-order valence-electron chi connectivity index (χ1n) is 8.33. The highest BCUT2D eigenvalue weighted by molar-refractivity contribution is 5.92. The minimum atomic E-state index is -0.189. The summed E-state index contributed by atoms with van der Waals surface area (Å²) in [5.74, 6) is 6.09. The van der Waals surface area contributed by atoms with Crippen molar-refractivity contribution in [3.05, 3.63) is 35.9 Å². The van der Waals surface area contributed by atoms with E-state index in [1.807, 2.05) is 16.5 Å². The van der Waals surface area contributed by atoms with E-state index >= 15 is 0 Å². The van der Waals surface area contributed by atoms with Crippen LogP contribution in [-0.4, -0.2) is 57.6 Å². The number of aliphatic hydroxyl groups is 1. The molecule has 0 spiro atoms. The molecule has 4 heterocycles. The number of piperidine rings is 1. The quantitative estimate of drug-likeness (QED) is 0.790. The van der Waals surface area contributed by atoms with E-state index in [4.69, 9.17) is 5.11 Å². The Morgan fingerprint density at radius 3 is 3.17 bits per heavy atom. The molecule has 2 saturated heterocycles. The summed E-state index contributed by atoms with van der Waals surface area (Å²) in [5.41, 5.74) is 1.99. The van der Waals surface area contributed by atoms with Gasteiger partial charge in [-0.15, -0.1) is 0 Å². The van der Waals surface area contributed by atoms with E-state index in [1.54, 1.807) is 12.4 Å². The summed E-state index contributed by atoms with van der Waals surface area (Å²) >= 11 is 0. The van der Waals surface area contributed by atoms with Gasteiger partial charge < -0.3 is 19.7 Å². The number of fused-ring (bicyclic) bond motifs is 3. The van der Waals surface area contributed by atoms with Gasteiger partial charge in [-0.3, -0.25) is 4.79 Å². The van der Waals surface area contributed by atoms with Crippen molar-refractivity contribution in [3.8, 4) is 11.8 Å². The smallest absolute Gasteiger partial charge is 0.271 e. The van der Waals surface area contributed by atoms with Crippen LogP contribution in [0.25, 0.3) is 5.52 Å². The lowest BCUT2D eigenvalue weighted by molar-refractivity contribution is 0.0904. The fourth-order valence-electron chi connectivity index (χ4n) is 3.78. The maximum atomic E-state index is 12.6. The Kier molecular flexibility index (Phi) is 3.97. The number of carbonyl (C=O) groups excluding carboxylic acids is 1. The van der Waals surface area contributed by atoms with Gasteiger partial charge in [0.1, 0.15) is 12.3 Å². The van der Waals surface area contributed by atoms with Crippen LogP contribution in [0.5, 0.6) is 0 Å². The Morgan fingerprint density at radius 2 is 2.33 bits per heavy atom. The predicted molar refractivity (Wildman–Crippen MR) is 89.6 cm³/mol. The number of hydrogen-bond acceptors (Lipinski definition) is 4. The van der Waals surface area contributed by atoms with Crippen LogP contribution < -0.4 is 5.32 Å². The van der Waals surface area contributed by atoms with E-state index in [2.05, 4.69) is 27.0 Å². The van der Waals surface area contributed by atoms with E-state index < -0.39 is 0 Å². The molecule has 1 amide bonds. The number of hydrogen-bond donors (Lipinski definition) is 2. The monoisotopic (exact) mass is 324 g/mol. The summed E-state index contributed by atoms with van der Waals surface area (Å²) in [6, 6.07) is 3.95. The number of nitrogens with zero attached hydrogens (tertiary/aromatic N) is 3. The van der Waals surface area contributed by atoms with Crippen LogP contribution in [0.4, 0.5) is 0 Å². The minimum Gasteiger partial charge on any atom is -0.384 e. The third-order valence-electron chi connectivity index (χ3n) is 4.87. The molecule has 24 heavy (non-hydrogen) atoms.